The molecular weight excluding hydrogens is 300 g/mol. The minimum Gasteiger partial charge on any atom is -0.359 e. The lowest BCUT2D eigenvalue weighted by molar-refractivity contribution is 0.870. The summed E-state index contributed by atoms with van der Waals surface area (Å²) in [5, 5.41) is 4.50. The first kappa shape index (κ1) is 14.4. The summed E-state index contributed by atoms with van der Waals surface area (Å²) in [4.78, 5) is 8.34. The van der Waals surface area contributed by atoms with Gasteiger partial charge in [-0.2, -0.15) is 0 Å². The zero-order valence-corrected chi connectivity index (χ0v) is 13.5. The lowest BCUT2D eigenvalue weighted by Gasteiger charge is -2.20. The predicted molar refractivity (Wildman–Crippen MR) is 92.6 cm³/mol. The van der Waals surface area contributed by atoms with Crippen molar-refractivity contribution in [3.05, 3.63) is 58.4 Å². The van der Waals surface area contributed by atoms with E-state index >= 15 is 0 Å². The predicted octanol–water partition coefficient (Wildman–Crippen LogP) is 4.71. The molecule has 4 heteroatoms. The number of hydrogen-bond donors (Lipinski definition) is 0. The minimum absolute atomic E-state index is 0.441. The third-order valence-electron chi connectivity index (χ3n) is 3.55. The molecule has 0 radical (unpaired) electrons. The number of rotatable bonds is 5. The normalized spacial score (nSPS) is 11.0. The molecule has 0 unspecified atom stereocenters. The number of nitrogens with zero attached hydrogens (tertiary/aromatic N) is 2. The highest BCUT2D eigenvalue weighted by Crippen LogP contribution is 2.26. The monoisotopic (exact) mass is 316 g/mol. The third-order valence-corrected chi connectivity index (χ3v) is 4.76. The number of likely N-dealkylation sites (N-methyl/N-ethyl adjacent to an activating group) is 1. The summed E-state index contributed by atoms with van der Waals surface area (Å²) >= 11 is 7.79. The van der Waals surface area contributed by atoms with Gasteiger partial charge in [0, 0.05) is 23.9 Å². The van der Waals surface area contributed by atoms with Crippen LogP contribution >= 0.6 is 22.9 Å². The van der Waals surface area contributed by atoms with Gasteiger partial charge < -0.3 is 4.90 Å². The van der Waals surface area contributed by atoms with E-state index in [9.17, 15) is 0 Å². The van der Waals surface area contributed by atoms with Crippen LogP contribution in [0.15, 0.2) is 47.8 Å². The molecule has 2 heterocycles. The van der Waals surface area contributed by atoms with Crippen LogP contribution in [0.25, 0.3) is 10.8 Å². The summed E-state index contributed by atoms with van der Waals surface area (Å²) in [5.41, 5.74) is 0.924. The number of anilines is 1. The lowest BCUT2D eigenvalue weighted by Crippen LogP contribution is -2.21. The molecule has 0 atom stereocenters. The van der Waals surface area contributed by atoms with Crippen LogP contribution in [-0.2, 0) is 12.3 Å². The van der Waals surface area contributed by atoms with Crippen LogP contribution in [0.1, 0.15) is 10.6 Å². The van der Waals surface area contributed by atoms with Crippen LogP contribution in [0, 0.1) is 0 Å². The third kappa shape index (κ3) is 3.20. The Morgan fingerprint density at radius 2 is 2.05 bits per heavy atom. The van der Waals surface area contributed by atoms with Crippen molar-refractivity contribution in [2.45, 2.75) is 12.3 Å². The molecule has 0 aliphatic rings. The molecule has 2 aromatic heterocycles. The van der Waals surface area contributed by atoms with Crippen molar-refractivity contribution in [1.82, 2.24) is 4.98 Å². The zero-order valence-electron chi connectivity index (χ0n) is 11.9. The first-order valence-corrected chi connectivity index (χ1v) is 8.37. The summed E-state index contributed by atoms with van der Waals surface area (Å²) in [5.74, 6) is 1.46. The van der Waals surface area contributed by atoms with Crippen molar-refractivity contribution in [2.24, 2.45) is 0 Å². The van der Waals surface area contributed by atoms with Crippen molar-refractivity contribution in [3.8, 4) is 0 Å². The fraction of sp³-hybridized carbons (Fsp3) is 0.235. The number of benzene rings is 1. The van der Waals surface area contributed by atoms with Gasteiger partial charge >= 0.3 is 0 Å². The molecule has 21 heavy (non-hydrogen) atoms. The number of fused-ring (bicyclic) bond motifs is 1. The molecule has 0 bridgehead atoms. The van der Waals surface area contributed by atoms with Gasteiger partial charge in [0.15, 0.2) is 0 Å². The molecule has 1 aromatic carbocycles. The first-order chi connectivity index (χ1) is 10.3. The maximum atomic E-state index is 5.98. The van der Waals surface area contributed by atoms with Gasteiger partial charge in [-0.15, -0.1) is 22.9 Å². The number of hydrogen-bond acceptors (Lipinski definition) is 3. The van der Waals surface area contributed by atoms with Crippen molar-refractivity contribution < 1.29 is 0 Å². The Labute approximate surface area is 134 Å². The Bertz CT molecular complexity index is 725. The van der Waals surface area contributed by atoms with Gasteiger partial charge in [-0.1, -0.05) is 30.3 Å². The van der Waals surface area contributed by atoms with E-state index in [0.29, 0.717) is 5.88 Å². The molecule has 0 aliphatic carbocycles. The molecule has 0 saturated heterocycles. The van der Waals surface area contributed by atoms with Gasteiger partial charge in [-0.25, -0.2) is 4.98 Å². The lowest BCUT2D eigenvalue weighted by atomic mass is 10.1. The highest BCUT2D eigenvalue weighted by Gasteiger charge is 2.10. The topological polar surface area (TPSA) is 16.1 Å². The second kappa shape index (κ2) is 6.46. The van der Waals surface area contributed by atoms with Crippen LogP contribution in [0.4, 0.5) is 5.82 Å². The number of thiophene rings is 1. The van der Waals surface area contributed by atoms with E-state index in [0.717, 1.165) is 24.5 Å². The summed E-state index contributed by atoms with van der Waals surface area (Å²) in [6.07, 6.45) is 1.04. The van der Waals surface area contributed by atoms with Crippen LogP contribution in [0.5, 0.6) is 0 Å². The molecule has 0 fully saturated rings. The standard InChI is InChI=1S/C17H17ClN2S/c1-20(9-8-15-6-4-10-21-15)17-16-7-3-2-5-13(16)11-14(12-18)19-17/h2-7,10-11H,8-9,12H2,1H3. The van der Waals surface area contributed by atoms with E-state index < -0.39 is 0 Å². The Balaban J connectivity index is 1.90. The molecule has 3 rings (SSSR count). The summed E-state index contributed by atoms with van der Waals surface area (Å²) in [6, 6.07) is 14.7. The summed E-state index contributed by atoms with van der Waals surface area (Å²) in [6.45, 7) is 0.948. The number of pyridine rings is 1. The number of halogens is 1. The van der Waals surface area contributed by atoms with Gasteiger partial charge in [0.2, 0.25) is 0 Å². The molecule has 0 amide bonds. The van der Waals surface area contributed by atoms with Gasteiger partial charge in [0.1, 0.15) is 5.82 Å². The van der Waals surface area contributed by atoms with E-state index in [1.54, 1.807) is 11.3 Å². The Hall–Kier alpha value is -1.58. The fourth-order valence-electron chi connectivity index (χ4n) is 2.43. The SMILES string of the molecule is CN(CCc1cccs1)c1nc(CCl)cc2ccccc12. The van der Waals surface area contributed by atoms with Crippen LogP contribution in [0.3, 0.4) is 0 Å². The van der Waals surface area contributed by atoms with Crippen LogP contribution in [-0.4, -0.2) is 18.6 Å². The first-order valence-electron chi connectivity index (χ1n) is 6.96. The number of aromatic nitrogens is 1. The molecule has 2 nitrogen and oxygen atoms in total. The van der Waals surface area contributed by atoms with Crippen molar-refractivity contribution in [2.75, 3.05) is 18.5 Å². The Morgan fingerprint density at radius 1 is 1.19 bits per heavy atom. The van der Waals surface area contributed by atoms with E-state index in [2.05, 4.69) is 59.8 Å². The average molecular weight is 317 g/mol. The van der Waals surface area contributed by atoms with E-state index in [4.69, 9.17) is 16.6 Å². The van der Waals surface area contributed by atoms with E-state index in [1.807, 2.05) is 0 Å². The van der Waals surface area contributed by atoms with Gasteiger partial charge in [0.05, 0.1) is 11.6 Å². The molecule has 0 N–H and O–H groups in total. The summed E-state index contributed by atoms with van der Waals surface area (Å²) in [7, 11) is 2.10. The van der Waals surface area contributed by atoms with E-state index in [-0.39, 0.29) is 0 Å². The molecule has 0 aliphatic heterocycles. The fourth-order valence-corrected chi connectivity index (χ4v) is 3.27. The molecule has 108 valence electrons. The maximum absolute atomic E-state index is 5.98. The highest BCUT2D eigenvalue weighted by atomic mass is 35.5. The molecule has 0 spiro atoms. The smallest absolute Gasteiger partial charge is 0.136 e. The average Bonchev–Trinajstić information content (AvgIpc) is 3.05. The molecule has 0 saturated carbocycles. The van der Waals surface area contributed by atoms with Crippen molar-refractivity contribution in [1.29, 1.82) is 0 Å². The largest absolute Gasteiger partial charge is 0.359 e. The summed E-state index contributed by atoms with van der Waals surface area (Å²) < 4.78 is 0. The second-order valence-corrected chi connectivity index (χ2v) is 6.34. The Morgan fingerprint density at radius 3 is 2.81 bits per heavy atom. The van der Waals surface area contributed by atoms with Crippen molar-refractivity contribution >= 4 is 39.5 Å². The minimum atomic E-state index is 0.441. The maximum Gasteiger partial charge on any atom is 0.136 e. The quantitative estimate of drug-likeness (QED) is 0.633. The van der Waals surface area contributed by atoms with Crippen LogP contribution in [0.2, 0.25) is 0 Å². The van der Waals surface area contributed by atoms with Crippen LogP contribution < -0.4 is 4.90 Å². The van der Waals surface area contributed by atoms with Gasteiger partial charge in [0.25, 0.3) is 0 Å². The highest BCUT2D eigenvalue weighted by molar-refractivity contribution is 7.09. The molecular formula is C17H17ClN2S. The number of alkyl halides is 1. The second-order valence-electron chi connectivity index (χ2n) is 5.04. The van der Waals surface area contributed by atoms with Gasteiger partial charge in [-0.3, -0.25) is 0 Å². The van der Waals surface area contributed by atoms with E-state index in [1.165, 1.54) is 15.6 Å². The van der Waals surface area contributed by atoms with Crippen molar-refractivity contribution in [3.63, 3.8) is 0 Å². The Kier molecular flexibility index (Phi) is 4.42. The van der Waals surface area contributed by atoms with Gasteiger partial charge in [-0.05, 0) is 29.3 Å². The zero-order chi connectivity index (χ0) is 14.7. The molecule has 3 aromatic rings.